The summed E-state index contributed by atoms with van der Waals surface area (Å²) in [5, 5.41) is 0.426. The van der Waals surface area contributed by atoms with Gasteiger partial charge in [-0.25, -0.2) is 0 Å². The van der Waals surface area contributed by atoms with E-state index < -0.39 is 12.7 Å². The van der Waals surface area contributed by atoms with Crippen molar-refractivity contribution in [3.05, 3.63) is 28.8 Å². The summed E-state index contributed by atoms with van der Waals surface area (Å²) in [6, 6.07) is 4.76. The van der Waals surface area contributed by atoms with Crippen LogP contribution in [0.25, 0.3) is 0 Å². The van der Waals surface area contributed by atoms with E-state index in [0.717, 1.165) is 4.90 Å². The molecule has 6 heteroatoms. The van der Waals surface area contributed by atoms with Gasteiger partial charge in [-0.3, -0.25) is 4.90 Å². The van der Waals surface area contributed by atoms with Crippen LogP contribution < -0.4 is 5.73 Å². The molecule has 0 spiro atoms. The maximum atomic E-state index is 12.1. The molecule has 2 nitrogen and oxygen atoms in total. The zero-order valence-electron chi connectivity index (χ0n) is 8.68. The lowest BCUT2D eigenvalue weighted by atomic mass is 10.2. The molecular formula is C10H12ClF3N2. The van der Waals surface area contributed by atoms with Crippen LogP contribution in [0.2, 0.25) is 5.02 Å². The summed E-state index contributed by atoms with van der Waals surface area (Å²) in [5.74, 6) is 0. The molecule has 0 aromatic heterocycles. The standard InChI is InChI=1S/C10H12ClF3N2/c1-16(6-10(12,13)14)5-7-2-8(11)4-9(15)3-7/h2-4H,5-6,15H2,1H3. The smallest absolute Gasteiger partial charge is 0.399 e. The molecule has 0 radical (unpaired) electrons. The molecule has 90 valence electrons. The number of alkyl halides is 3. The Morgan fingerprint density at radius 1 is 1.31 bits per heavy atom. The molecule has 16 heavy (non-hydrogen) atoms. The number of halogens is 4. The third-order valence-corrected chi connectivity index (χ3v) is 2.10. The van der Waals surface area contributed by atoms with Crippen molar-refractivity contribution in [2.24, 2.45) is 0 Å². The molecule has 0 amide bonds. The van der Waals surface area contributed by atoms with Crippen LogP contribution >= 0.6 is 11.6 Å². The number of nitrogens with zero attached hydrogens (tertiary/aromatic N) is 1. The number of hydrogen-bond donors (Lipinski definition) is 1. The van der Waals surface area contributed by atoms with Gasteiger partial charge in [0.1, 0.15) is 0 Å². The first kappa shape index (κ1) is 13.1. The fourth-order valence-corrected chi connectivity index (χ4v) is 1.71. The highest BCUT2D eigenvalue weighted by atomic mass is 35.5. The lowest BCUT2D eigenvalue weighted by Gasteiger charge is -2.18. The topological polar surface area (TPSA) is 29.3 Å². The summed E-state index contributed by atoms with van der Waals surface area (Å²) in [4.78, 5) is 1.16. The van der Waals surface area contributed by atoms with Crippen LogP contribution in [0.1, 0.15) is 5.56 Å². The number of benzene rings is 1. The summed E-state index contributed by atoms with van der Waals surface area (Å²) in [6.07, 6.45) is -4.20. The number of nitrogens with two attached hydrogens (primary N) is 1. The van der Waals surface area contributed by atoms with Crippen molar-refractivity contribution >= 4 is 17.3 Å². The molecule has 1 rings (SSSR count). The molecule has 0 saturated carbocycles. The molecule has 0 aliphatic carbocycles. The minimum absolute atomic E-state index is 0.157. The number of hydrogen-bond acceptors (Lipinski definition) is 2. The second kappa shape index (κ2) is 4.93. The third kappa shape index (κ3) is 4.72. The number of rotatable bonds is 3. The average Bonchev–Trinajstić information content (AvgIpc) is 1.96. The Labute approximate surface area is 96.8 Å². The van der Waals surface area contributed by atoms with E-state index in [2.05, 4.69) is 0 Å². The van der Waals surface area contributed by atoms with Gasteiger partial charge in [0.05, 0.1) is 6.54 Å². The van der Waals surface area contributed by atoms with Gasteiger partial charge in [0.15, 0.2) is 0 Å². The molecule has 0 aliphatic rings. The summed E-state index contributed by atoms with van der Waals surface area (Å²) >= 11 is 5.75. The van der Waals surface area contributed by atoms with Gasteiger partial charge in [0, 0.05) is 17.3 Å². The Balaban J connectivity index is 2.66. The number of anilines is 1. The van der Waals surface area contributed by atoms with Gasteiger partial charge < -0.3 is 5.73 Å². The van der Waals surface area contributed by atoms with Crippen LogP contribution in [0.15, 0.2) is 18.2 Å². The van der Waals surface area contributed by atoms with E-state index in [1.54, 1.807) is 18.2 Å². The maximum Gasteiger partial charge on any atom is 0.401 e. The predicted molar refractivity (Wildman–Crippen MR) is 58.3 cm³/mol. The maximum absolute atomic E-state index is 12.1. The first-order valence-electron chi connectivity index (χ1n) is 4.56. The fourth-order valence-electron chi connectivity index (χ4n) is 1.44. The highest BCUT2D eigenvalue weighted by Crippen LogP contribution is 2.20. The quantitative estimate of drug-likeness (QED) is 0.838. The van der Waals surface area contributed by atoms with Crippen molar-refractivity contribution in [3.63, 3.8) is 0 Å². The molecule has 0 heterocycles. The molecular weight excluding hydrogens is 241 g/mol. The number of nitrogen functional groups attached to an aromatic ring is 1. The Morgan fingerprint density at radius 2 is 1.94 bits per heavy atom. The van der Waals surface area contributed by atoms with Crippen molar-refractivity contribution in [1.29, 1.82) is 0 Å². The van der Waals surface area contributed by atoms with E-state index in [1.807, 2.05) is 0 Å². The van der Waals surface area contributed by atoms with Crippen molar-refractivity contribution in [2.45, 2.75) is 12.7 Å². The predicted octanol–water partition coefficient (Wildman–Crippen LogP) is 2.92. The van der Waals surface area contributed by atoms with Gasteiger partial charge in [-0.15, -0.1) is 0 Å². The largest absolute Gasteiger partial charge is 0.401 e. The van der Waals surface area contributed by atoms with Crippen molar-refractivity contribution in [2.75, 3.05) is 19.3 Å². The van der Waals surface area contributed by atoms with E-state index in [4.69, 9.17) is 17.3 Å². The zero-order chi connectivity index (χ0) is 12.3. The molecule has 0 saturated heterocycles. The lowest BCUT2D eigenvalue weighted by Crippen LogP contribution is -2.30. The minimum atomic E-state index is -4.20. The van der Waals surface area contributed by atoms with Crippen molar-refractivity contribution in [1.82, 2.24) is 4.90 Å². The van der Waals surface area contributed by atoms with E-state index in [0.29, 0.717) is 16.3 Å². The minimum Gasteiger partial charge on any atom is -0.399 e. The highest BCUT2D eigenvalue weighted by Gasteiger charge is 2.29. The second-order valence-corrected chi connectivity index (χ2v) is 4.12. The van der Waals surface area contributed by atoms with Crippen molar-refractivity contribution < 1.29 is 13.2 Å². The first-order chi connectivity index (χ1) is 7.26. The van der Waals surface area contributed by atoms with Crippen LogP contribution in [0.5, 0.6) is 0 Å². The Morgan fingerprint density at radius 3 is 2.44 bits per heavy atom. The van der Waals surface area contributed by atoms with Crippen LogP contribution in [0.3, 0.4) is 0 Å². The zero-order valence-corrected chi connectivity index (χ0v) is 9.44. The van der Waals surface area contributed by atoms with E-state index >= 15 is 0 Å². The molecule has 1 aromatic rings. The van der Waals surface area contributed by atoms with Crippen molar-refractivity contribution in [3.8, 4) is 0 Å². The molecule has 0 aliphatic heterocycles. The van der Waals surface area contributed by atoms with Gasteiger partial charge in [0.2, 0.25) is 0 Å². The molecule has 0 atom stereocenters. The molecule has 1 aromatic carbocycles. The first-order valence-corrected chi connectivity index (χ1v) is 4.94. The van der Waals surface area contributed by atoms with Crippen LogP contribution in [-0.2, 0) is 6.54 Å². The van der Waals surface area contributed by atoms with Gasteiger partial charge in [-0.1, -0.05) is 11.6 Å². The summed E-state index contributed by atoms with van der Waals surface area (Å²) < 4.78 is 36.2. The summed E-state index contributed by atoms with van der Waals surface area (Å²) in [7, 11) is 1.39. The SMILES string of the molecule is CN(Cc1cc(N)cc(Cl)c1)CC(F)(F)F. The Kier molecular flexibility index (Phi) is 4.04. The lowest BCUT2D eigenvalue weighted by molar-refractivity contribution is -0.144. The Bertz CT molecular complexity index is 345. The fraction of sp³-hybridized carbons (Fsp3) is 0.400. The molecule has 2 N–H and O–H groups in total. The third-order valence-electron chi connectivity index (χ3n) is 1.88. The van der Waals surface area contributed by atoms with Gasteiger partial charge in [0.25, 0.3) is 0 Å². The monoisotopic (exact) mass is 252 g/mol. The summed E-state index contributed by atoms with van der Waals surface area (Å²) in [6.45, 7) is -0.802. The van der Waals surface area contributed by atoms with Gasteiger partial charge in [-0.05, 0) is 30.8 Å². The molecule has 0 fully saturated rings. The molecule has 0 unspecified atom stereocenters. The summed E-state index contributed by atoms with van der Waals surface area (Å²) in [5.41, 5.74) is 6.65. The van der Waals surface area contributed by atoms with E-state index in [-0.39, 0.29) is 6.54 Å². The van der Waals surface area contributed by atoms with Crippen LogP contribution in [0.4, 0.5) is 18.9 Å². The van der Waals surface area contributed by atoms with Gasteiger partial charge in [-0.2, -0.15) is 13.2 Å². The normalized spacial score (nSPS) is 12.1. The van der Waals surface area contributed by atoms with Gasteiger partial charge >= 0.3 is 6.18 Å². The van der Waals surface area contributed by atoms with Crippen LogP contribution in [0, 0.1) is 0 Å². The van der Waals surface area contributed by atoms with E-state index in [1.165, 1.54) is 7.05 Å². The average molecular weight is 253 g/mol. The Hall–Kier alpha value is -0.940. The highest BCUT2D eigenvalue weighted by molar-refractivity contribution is 6.30. The van der Waals surface area contributed by atoms with Crippen LogP contribution in [-0.4, -0.2) is 24.7 Å². The van der Waals surface area contributed by atoms with E-state index in [9.17, 15) is 13.2 Å². The molecule has 0 bridgehead atoms. The second-order valence-electron chi connectivity index (χ2n) is 3.68.